The molecule has 1 aliphatic carbocycles. The van der Waals surface area contributed by atoms with Gasteiger partial charge in [0.25, 0.3) is 5.91 Å². The van der Waals surface area contributed by atoms with Gasteiger partial charge in [-0.05, 0) is 77.8 Å². The van der Waals surface area contributed by atoms with Crippen molar-refractivity contribution in [1.82, 2.24) is 14.3 Å². The molecule has 0 unspecified atom stereocenters. The number of nitrogens with one attached hydrogen (secondary N) is 1. The van der Waals surface area contributed by atoms with Crippen LogP contribution in [0.1, 0.15) is 60.5 Å². The highest BCUT2D eigenvalue weighted by Gasteiger charge is 2.35. The molecule has 10 heteroatoms. The van der Waals surface area contributed by atoms with Gasteiger partial charge in [-0.1, -0.05) is 73.9 Å². The number of carbonyl (C=O) groups excluding carboxylic acids is 1. The predicted molar refractivity (Wildman–Crippen MR) is 179 cm³/mol. The number of aromatic nitrogens is 2. The van der Waals surface area contributed by atoms with Crippen molar-refractivity contribution < 1.29 is 22.0 Å². The van der Waals surface area contributed by atoms with E-state index in [1.807, 2.05) is 22.9 Å². The lowest BCUT2D eigenvalue weighted by Gasteiger charge is -2.22. The summed E-state index contributed by atoms with van der Waals surface area (Å²) in [4.78, 5) is 16.7. The zero-order valence-electron chi connectivity index (χ0n) is 25.9. The summed E-state index contributed by atoms with van der Waals surface area (Å²) in [6.07, 6.45) is 8.50. The molecule has 1 saturated heterocycles. The van der Waals surface area contributed by atoms with Crippen molar-refractivity contribution in [1.29, 1.82) is 0 Å². The van der Waals surface area contributed by atoms with Gasteiger partial charge in [0, 0.05) is 29.9 Å². The van der Waals surface area contributed by atoms with Gasteiger partial charge in [0.05, 0.1) is 11.4 Å². The first-order valence-corrected chi connectivity index (χ1v) is 17.3. The molecule has 0 bridgehead atoms. The standard InChI is InChI=1S/C37H34F2N4O3S/c1-24-7-17-31(21-35(24)43-23-37(44)41-47(43,45)46)42-22-34(32-18-16-30(38)20-33(32)39)40-36(42)19-25-8-10-27(11-9-25)29-14-12-28(13-15-29)26-5-3-2-4-6-26/h7-18,20-22,26H,2-6,19,23H2,1H3,(H,41,44). The highest BCUT2D eigenvalue weighted by Crippen LogP contribution is 2.34. The number of imidazole rings is 1. The van der Waals surface area contributed by atoms with Gasteiger partial charge in [-0.25, -0.2) is 22.8 Å². The molecule has 2 aliphatic rings. The Balaban J connectivity index is 1.21. The lowest BCUT2D eigenvalue weighted by atomic mass is 9.83. The number of halogens is 2. The summed E-state index contributed by atoms with van der Waals surface area (Å²) in [7, 11) is -4.03. The van der Waals surface area contributed by atoms with Gasteiger partial charge in [-0.2, -0.15) is 8.42 Å². The Morgan fingerprint density at radius 1 is 0.872 bits per heavy atom. The summed E-state index contributed by atoms with van der Waals surface area (Å²) in [5.74, 6) is -0.816. The quantitative estimate of drug-likeness (QED) is 0.196. The zero-order chi connectivity index (χ0) is 32.7. The number of carbonyl (C=O) groups is 1. The third kappa shape index (κ3) is 6.30. The minimum Gasteiger partial charge on any atom is -0.303 e. The van der Waals surface area contributed by atoms with Gasteiger partial charge in [-0.3, -0.25) is 4.79 Å². The van der Waals surface area contributed by atoms with Crippen LogP contribution in [0.4, 0.5) is 14.5 Å². The second-order valence-electron chi connectivity index (χ2n) is 12.4. The van der Waals surface area contributed by atoms with Crippen LogP contribution < -0.4 is 9.03 Å². The van der Waals surface area contributed by atoms with Crippen molar-refractivity contribution in [3.8, 4) is 28.1 Å². The van der Waals surface area contributed by atoms with Crippen LogP contribution in [0.3, 0.4) is 0 Å². The van der Waals surface area contributed by atoms with Crippen LogP contribution in [0.15, 0.2) is 91.1 Å². The minimum absolute atomic E-state index is 0.141. The van der Waals surface area contributed by atoms with Gasteiger partial charge in [0.2, 0.25) is 0 Å². The van der Waals surface area contributed by atoms with Crippen LogP contribution in [-0.2, 0) is 21.4 Å². The zero-order valence-corrected chi connectivity index (χ0v) is 26.7. The van der Waals surface area contributed by atoms with Crippen LogP contribution in [0, 0.1) is 18.6 Å². The fourth-order valence-corrected chi connectivity index (χ4v) is 7.86. The Morgan fingerprint density at radius 2 is 1.57 bits per heavy atom. The van der Waals surface area contributed by atoms with Gasteiger partial charge in [0.1, 0.15) is 24.0 Å². The molecule has 0 radical (unpaired) electrons. The molecule has 1 aromatic heterocycles. The molecule has 2 fully saturated rings. The first kappa shape index (κ1) is 30.8. The highest BCUT2D eigenvalue weighted by atomic mass is 32.2. The Kier molecular flexibility index (Phi) is 8.13. The average Bonchev–Trinajstić information content (AvgIpc) is 3.60. The second kappa shape index (κ2) is 12.4. The molecule has 1 N–H and O–H groups in total. The molecular formula is C37H34F2N4O3S. The summed E-state index contributed by atoms with van der Waals surface area (Å²) in [5, 5.41) is 0. The molecule has 1 amide bonds. The second-order valence-corrected chi connectivity index (χ2v) is 14.0. The monoisotopic (exact) mass is 652 g/mol. The van der Waals surface area contributed by atoms with Crippen molar-refractivity contribution in [3.63, 3.8) is 0 Å². The molecule has 5 aromatic rings. The van der Waals surface area contributed by atoms with Crippen molar-refractivity contribution in [2.24, 2.45) is 0 Å². The minimum atomic E-state index is -4.03. The molecule has 1 aliphatic heterocycles. The molecule has 1 saturated carbocycles. The molecule has 0 spiro atoms. The van der Waals surface area contributed by atoms with Crippen molar-refractivity contribution in [2.45, 2.75) is 51.4 Å². The van der Waals surface area contributed by atoms with E-state index in [1.165, 1.54) is 49.8 Å². The van der Waals surface area contributed by atoms with E-state index in [0.717, 1.165) is 27.1 Å². The number of anilines is 1. The van der Waals surface area contributed by atoms with Crippen LogP contribution >= 0.6 is 0 Å². The highest BCUT2D eigenvalue weighted by molar-refractivity contribution is 7.92. The summed E-state index contributed by atoms with van der Waals surface area (Å²) in [6.45, 7) is 1.43. The van der Waals surface area contributed by atoms with E-state index in [4.69, 9.17) is 4.98 Å². The molecule has 2 heterocycles. The van der Waals surface area contributed by atoms with Crippen LogP contribution in [-0.4, -0.2) is 30.4 Å². The number of nitrogens with zero attached hydrogens (tertiary/aromatic N) is 3. The maximum absolute atomic E-state index is 14.9. The Morgan fingerprint density at radius 3 is 2.23 bits per heavy atom. The Bertz CT molecular complexity index is 2070. The van der Waals surface area contributed by atoms with E-state index in [9.17, 15) is 22.0 Å². The maximum Gasteiger partial charge on any atom is 0.326 e. The summed E-state index contributed by atoms with van der Waals surface area (Å²) >= 11 is 0. The molecule has 7 rings (SSSR count). The number of aryl methyl sites for hydroxylation is 1. The normalized spacial score (nSPS) is 16.4. The lowest BCUT2D eigenvalue weighted by molar-refractivity contribution is -0.117. The third-order valence-electron chi connectivity index (χ3n) is 9.18. The van der Waals surface area contributed by atoms with Crippen LogP contribution in [0.2, 0.25) is 0 Å². The SMILES string of the molecule is Cc1ccc(-n2cc(-c3ccc(F)cc3F)nc2Cc2ccc(-c3ccc(C4CCCCC4)cc3)cc2)cc1N1CC(=O)NS1(=O)=O. The van der Waals surface area contributed by atoms with Crippen molar-refractivity contribution in [3.05, 3.63) is 125 Å². The first-order valence-electron chi connectivity index (χ1n) is 15.8. The van der Waals surface area contributed by atoms with E-state index in [2.05, 4.69) is 36.4 Å². The molecule has 47 heavy (non-hydrogen) atoms. The van der Waals surface area contributed by atoms with E-state index >= 15 is 0 Å². The third-order valence-corrected chi connectivity index (χ3v) is 10.6. The van der Waals surface area contributed by atoms with E-state index in [0.29, 0.717) is 40.8 Å². The lowest BCUT2D eigenvalue weighted by Crippen LogP contribution is -2.30. The molecule has 0 atom stereocenters. The van der Waals surface area contributed by atoms with Crippen LogP contribution in [0.25, 0.3) is 28.1 Å². The summed E-state index contributed by atoms with van der Waals surface area (Å²) in [5.41, 5.74) is 6.64. The molecule has 240 valence electrons. The fourth-order valence-electron chi connectivity index (χ4n) is 6.65. The largest absolute Gasteiger partial charge is 0.326 e. The van der Waals surface area contributed by atoms with Gasteiger partial charge < -0.3 is 4.57 Å². The Labute approximate surface area is 273 Å². The Hall–Kier alpha value is -4.83. The fraction of sp³-hybridized carbons (Fsp3) is 0.243. The van der Waals surface area contributed by atoms with E-state index < -0.39 is 27.8 Å². The van der Waals surface area contributed by atoms with E-state index in [1.54, 1.807) is 29.8 Å². The predicted octanol–water partition coefficient (Wildman–Crippen LogP) is 7.61. The van der Waals surface area contributed by atoms with Crippen molar-refractivity contribution in [2.75, 3.05) is 10.8 Å². The topological polar surface area (TPSA) is 84.3 Å². The van der Waals surface area contributed by atoms with E-state index in [-0.39, 0.29) is 12.1 Å². The number of hydrogen-bond donors (Lipinski definition) is 1. The molecule has 7 nitrogen and oxygen atoms in total. The summed E-state index contributed by atoms with van der Waals surface area (Å²) in [6, 6.07) is 25.7. The average molecular weight is 653 g/mol. The first-order chi connectivity index (χ1) is 22.6. The number of amides is 1. The number of hydrogen-bond acceptors (Lipinski definition) is 4. The van der Waals surface area contributed by atoms with Crippen LogP contribution in [0.5, 0.6) is 0 Å². The van der Waals surface area contributed by atoms with Crippen molar-refractivity contribution >= 4 is 21.8 Å². The van der Waals surface area contributed by atoms with Gasteiger partial charge >= 0.3 is 10.2 Å². The molecule has 4 aromatic carbocycles. The number of benzene rings is 4. The number of rotatable bonds is 7. The van der Waals surface area contributed by atoms with Gasteiger partial charge in [-0.15, -0.1) is 0 Å². The maximum atomic E-state index is 14.9. The smallest absolute Gasteiger partial charge is 0.303 e. The molecular weight excluding hydrogens is 618 g/mol. The summed E-state index contributed by atoms with van der Waals surface area (Å²) < 4.78 is 58.7. The van der Waals surface area contributed by atoms with Gasteiger partial charge in [0.15, 0.2) is 0 Å².